The molecule has 3 rings (SSSR count). The zero-order valence-electron chi connectivity index (χ0n) is 13.1. The number of ketones is 1. The number of carbonyl (C=O) groups excluding carboxylic acids is 2. The van der Waals surface area contributed by atoms with Gasteiger partial charge in [-0.05, 0) is 44.5 Å². The molecule has 2 heterocycles. The van der Waals surface area contributed by atoms with Crippen LogP contribution in [-0.2, 0) is 16.1 Å². The summed E-state index contributed by atoms with van der Waals surface area (Å²) in [6.45, 7) is 4.31. The van der Waals surface area contributed by atoms with E-state index in [9.17, 15) is 9.59 Å². The molecule has 0 saturated heterocycles. The summed E-state index contributed by atoms with van der Waals surface area (Å²) < 4.78 is 7.22. The molecule has 4 nitrogen and oxygen atoms in total. The maximum Gasteiger partial charge on any atom is 0.315 e. The lowest BCUT2D eigenvalue weighted by molar-refractivity contribution is -0.149. The van der Waals surface area contributed by atoms with E-state index in [-0.39, 0.29) is 23.8 Å². The molecule has 1 aliphatic rings. The molecule has 120 valence electrons. The van der Waals surface area contributed by atoms with Gasteiger partial charge >= 0.3 is 5.97 Å². The molecule has 2 aromatic rings. The third kappa shape index (κ3) is 3.04. The van der Waals surface area contributed by atoms with Crippen LogP contribution < -0.4 is 0 Å². The van der Waals surface area contributed by atoms with Crippen molar-refractivity contribution < 1.29 is 14.3 Å². The van der Waals surface area contributed by atoms with E-state index in [0.717, 1.165) is 5.69 Å². The van der Waals surface area contributed by atoms with E-state index in [1.165, 1.54) is 0 Å². The molecular weight excluding hydrogens is 314 g/mol. The highest BCUT2D eigenvalue weighted by molar-refractivity contribution is 6.31. The second kappa shape index (κ2) is 6.20. The Labute approximate surface area is 140 Å². The minimum absolute atomic E-state index is 0.0865. The number of nitrogens with zero attached hydrogens (tertiary/aromatic N) is 1. The van der Waals surface area contributed by atoms with Gasteiger partial charge in [-0.1, -0.05) is 23.7 Å². The Kier molecular flexibility index (Phi) is 4.26. The molecule has 1 unspecified atom stereocenters. The smallest absolute Gasteiger partial charge is 0.315 e. The number of benzene rings is 1. The quantitative estimate of drug-likeness (QED) is 0.632. The number of esters is 1. The van der Waals surface area contributed by atoms with Crippen LogP contribution in [0.2, 0.25) is 5.02 Å². The largest absolute Gasteiger partial charge is 0.462 e. The predicted molar refractivity (Wildman–Crippen MR) is 87.9 cm³/mol. The van der Waals surface area contributed by atoms with Gasteiger partial charge in [0.05, 0.1) is 17.7 Å². The Morgan fingerprint density at radius 2 is 2.04 bits per heavy atom. The van der Waals surface area contributed by atoms with Crippen molar-refractivity contribution in [3.05, 3.63) is 58.4 Å². The molecule has 0 aliphatic carbocycles. The molecule has 0 spiro atoms. The van der Waals surface area contributed by atoms with Gasteiger partial charge in [-0.25, -0.2) is 0 Å². The Bertz CT molecular complexity index is 763. The van der Waals surface area contributed by atoms with Crippen molar-refractivity contribution >= 4 is 23.4 Å². The highest BCUT2D eigenvalue weighted by atomic mass is 35.5. The molecule has 23 heavy (non-hydrogen) atoms. The zero-order chi connectivity index (χ0) is 16.6. The third-order valence-electron chi connectivity index (χ3n) is 3.97. The first-order valence-electron chi connectivity index (χ1n) is 7.67. The van der Waals surface area contributed by atoms with Crippen LogP contribution in [0.25, 0.3) is 0 Å². The summed E-state index contributed by atoms with van der Waals surface area (Å²) in [6.07, 6.45) is 0.524. The summed E-state index contributed by atoms with van der Waals surface area (Å²) in [7, 11) is 0. The molecule has 5 heteroatoms. The van der Waals surface area contributed by atoms with E-state index in [1.54, 1.807) is 30.3 Å². The highest BCUT2D eigenvalue weighted by Gasteiger charge is 2.33. The van der Waals surface area contributed by atoms with Crippen molar-refractivity contribution in [2.45, 2.75) is 38.8 Å². The Balaban J connectivity index is 1.88. The molecule has 0 bridgehead atoms. The molecule has 1 aromatic heterocycles. The number of fused-ring (bicyclic) bond motifs is 1. The molecular formula is C18H18ClNO3. The lowest BCUT2D eigenvalue weighted by Gasteiger charge is -2.12. The van der Waals surface area contributed by atoms with E-state index >= 15 is 0 Å². The van der Waals surface area contributed by atoms with Gasteiger partial charge in [-0.15, -0.1) is 0 Å². The van der Waals surface area contributed by atoms with E-state index in [2.05, 4.69) is 0 Å². The first kappa shape index (κ1) is 15.8. The number of ether oxygens (including phenoxy) is 1. The van der Waals surface area contributed by atoms with Crippen LogP contribution in [0.15, 0.2) is 36.4 Å². The van der Waals surface area contributed by atoms with Gasteiger partial charge in [0.15, 0.2) is 0 Å². The van der Waals surface area contributed by atoms with Crippen LogP contribution in [-0.4, -0.2) is 22.4 Å². The van der Waals surface area contributed by atoms with Crippen LogP contribution in [0.4, 0.5) is 0 Å². The Morgan fingerprint density at radius 1 is 1.26 bits per heavy atom. The summed E-state index contributed by atoms with van der Waals surface area (Å²) in [4.78, 5) is 24.9. The first-order chi connectivity index (χ1) is 11.0. The van der Waals surface area contributed by atoms with Crippen LogP contribution in [0, 0.1) is 0 Å². The normalized spacial score (nSPS) is 16.4. The Hall–Kier alpha value is -2.07. The number of hydrogen-bond acceptors (Lipinski definition) is 3. The predicted octanol–water partition coefficient (Wildman–Crippen LogP) is 3.81. The van der Waals surface area contributed by atoms with Gasteiger partial charge in [0, 0.05) is 22.8 Å². The molecule has 1 aromatic carbocycles. The van der Waals surface area contributed by atoms with Gasteiger partial charge in [0.2, 0.25) is 5.78 Å². The van der Waals surface area contributed by atoms with Crippen molar-refractivity contribution in [2.75, 3.05) is 0 Å². The first-order valence-corrected chi connectivity index (χ1v) is 8.05. The van der Waals surface area contributed by atoms with Gasteiger partial charge in [-0.3, -0.25) is 9.59 Å². The summed E-state index contributed by atoms with van der Waals surface area (Å²) in [6, 6.07) is 10.5. The van der Waals surface area contributed by atoms with Gasteiger partial charge in [-0.2, -0.15) is 0 Å². The summed E-state index contributed by atoms with van der Waals surface area (Å²) in [5.41, 5.74) is 1.98. The fraction of sp³-hybridized carbons (Fsp3) is 0.333. The standard InChI is InChI=1S/C18H18ClNO3/c1-11(2)23-18(22)14-8-9-20-15(14)6-7-16(20)17(21)12-4-3-5-13(19)10-12/h3-7,10-11,14H,8-9H2,1-2H3. The molecule has 0 radical (unpaired) electrons. The average molecular weight is 332 g/mol. The van der Waals surface area contributed by atoms with Crippen LogP contribution in [0.5, 0.6) is 0 Å². The van der Waals surface area contributed by atoms with Crippen LogP contribution in [0.1, 0.15) is 47.9 Å². The second-order valence-corrected chi connectivity index (χ2v) is 6.40. The third-order valence-corrected chi connectivity index (χ3v) is 4.20. The highest BCUT2D eigenvalue weighted by Crippen LogP contribution is 2.32. The van der Waals surface area contributed by atoms with Gasteiger partial charge < -0.3 is 9.30 Å². The van der Waals surface area contributed by atoms with E-state index in [1.807, 2.05) is 24.5 Å². The number of halogens is 1. The number of aromatic nitrogens is 1. The number of rotatable bonds is 4. The second-order valence-electron chi connectivity index (χ2n) is 5.96. The maximum absolute atomic E-state index is 12.7. The van der Waals surface area contributed by atoms with Gasteiger partial charge in [0.25, 0.3) is 0 Å². The average Bonchev–Trinajstić information content (AvgIpc) is 3.06. The van der Waals surface area contributed by atoms with E-state index in [0.29, 0.717) is 29.2 Å². The lowest BCUT2D eigenvalue weighted by atomic mass is 10.1. The SMILES string of the molecule is CC(C)OC(=O)C1CCn2c(C(=O)c3cccc(Cl)c3)ccc21. The number of hydrogen-bond donors (Lipinski definition) is 0. The molecule has 0 saturated carbocycles. The van der Waals surface area contributed by atoms with Crippen molar-refractivity contribution in [3.8, 4) is 0 Å². The topological polar surface area (TPSA) is 48.3 Å². The van der Waals surface area contributed by atoms with Crippen LogP contribution >= 0.6 is 11.6 Å². The molecule has 0 amide bonds. The van der Waals surface area contributed by atoms with Crippen molar-refractivity contribution in [2.24, 2.45) is 0 Å². The fourth-order valence-corrected chi connectivity index (χ4v) is 3.16. The molecule has 0 fully saturated rings. The van der Waals surface area contributed by atoms with Crippen molar-refractivity contribution in [1.29, 1.82) is 0 Å². The zero-order valence-corrected chi connectivity index (χ0v) is 13.8. The minimum atomic E-state index is -0.293. The van der Waals surface area contributed by atoms with Gasteiger partial charge in [0.1, 0.15) is 0 Å². The minimum Gasteiger partial charge on any atom is -0.462 e. The Morgan fingerprint density at radius 3 is 2.74 bits per heavy atom. The summed E-state index contributed by atoms with van der Waals surface area (Å²) in [5, 5.41) is 0.530. The van der Waals surface area contributed by atoms with E-state index < -0.39 is 0 Å². The van der Waals surface area contributed by atoms with Crippen molar-refractivity contribution in [3.63, 3.8) is 0 Å². The van der Waals surface area contributed by atoms with E-state index in [4.69, 9.17) is 16.3 Å². The van der Waals surface area contributed by atoms with Crippen LogP contribution in [0.3, 0.4) is 0 Å². The number of carbonyl (C=O) groups is 2. The lowest BCUT2D eigenvalue weighted by Crippen LogP contribution is -2.18. The van der Waals surface area contributed by atoms with Crippen molar-refractivity contribution in [1.82, 2.24) is 4.57 Å². The maximum atomic E-state index is 12.7. The molecule has 1 atom stereocenters. The summed E-state index contributed by atoms with van der Waals surface area (Å²) >= 11 is 5.96. The summed E-state index contributed by atoms with van der Waals surface area (Å²) in [5.74, 6) is -0.603. The fourth-order valence-electron chi connectivity index (χ4n) is 2.97. The molecule has 0 N–H and O–H groups in total. The monoisotopic (exact) mass is 331 g/mol. The molecule has 1 aliphatic heterocycles.